The van der Waals surface area contributed by atoms with E-state index in [9.17, 15) is 0 Å². The van der Waals surface area contributed by atoms with Gasteiger partial charge in [0.25, 0.3) is 0 Å². The molecule has 0 bridgehead atoms. The summed E-state index contributed by atoms with van der Waals surface area (Å²) >= 11 is 0. The maximum absolute atomic E-state index is 4.10. The highest BCUT2D eigenvalue weighted by molar-refractivity contribution is 4.95. The molecule has 0 saturated carbocycles. The summed E-state index contributed by atoms with van der Waals surface area (Å²) in [4.78, 5) is 0. The second kappa shape index (κ2) is 3.76. The number of aryl methyl sites for hydroxylation is 2. The maximum Gasteiger partial charge on any atom is 0.154 e. The van der Waals surface area contributed by atoms with Crippen molar-refractivity contribution in [3.63, 3.8) is 0 Å². The Morgan fingerprint density at radius 3 is 2.40 bits per heavy atom. The van der Waals surface area contributed by atoms with Gasteiger partial charge in [-0.1, -0.05) is 6.92 Å². The molecule has 0 saturated heterocycles. The Morgan fingerprint density at radius 2 is 1.87 bits per heavy atom. The standard InChI is InChI=1S/C8H13N7/c1-4-7-10-11-8(14(7)3)5-15-6(2)9-12-13-15/h4-5H2,1-3H3. The van der Waals surface area contributed by atoms with E-state index in [4.69, 9.17) is 0 Å². The van der Waals surface area contributed by atoms with Crippen molar-refractivity contribution in [3.05, 3.63) is 17.5 Å². The molecular weight excluding hydrogens is 194 g/mol. The average molecular weight is 207 g/mol. The molecule has 2 rings (SSSR count). The van der Waals surface area contributed by atoms with E-state index in [1.54, 1.807) is 4.68 Å². The highest BCUT2D eigenvalue weighted by Crippen LogP contribution is 2.02. The minimum Gasteiger partial charge on any atom is -0.317 e. The van der Waals surface area contributed by atoms with Crippen molar-refractivity contribution >= 4 is 0 Å². The number of rotatable bonds is 3. The third-order valence-corrected chi connectivity index (χ3v) is 2.37. The number of hydrogen-bond acceptors (Lipinski definition) is 5. The molecule has 0 fully saturated rings. The molecule has 0 N–H and O–H groups in total. The Kier molecular flexibility index (Phi) is 2.44. The molecule has 0 unspecified atom stereocenters. The molecule has 0 amide bonds. The smallest absolute Gasteiger partial charge is 0.154 e. The Labute approximate surface area is 87.1 Å². The first-order valence-electron chi connectivity index (χ1n) is 4.82. The molecule has 0 aliphatic carbocycles. The molecule has 7 heteroatoms. The fourth-order valence-electron chi connectivity index (χ4n) is 1.37. The Hall–Kier alpha value is -1.79. The molecule has 0 atom stereocenters. The third-order valence-electron chi connectivity index (χ3n) is 2.37. The van der Waals surface area contributed by atoms with Gasteiger partial charge in [0.05, 0.1) is 0 Å². The van der Waals surface area contributed by atoms with E-state index in [0.717, 1.165) is 23.9 Å². The van der Waals surface area contributed by atoms with Gasteiger partial charge in [0.2, 0.25) is 0 Å². The predicted octanol–water partition coefficient (Wildman–Crippen LogP) is -0.279. The van der Waals surface area contributed by atoms with E-state index in [0.29, 0.717) is 6.54 Å². The van der Waals surface area contributed by atoms with Crippen LogP contribution in [-0.2, 0) is 20.0 Å². The lowest BCUT2D eigenvalue weighted by Crippen LogP contribution is -2.10. The molecule has 0 radical (unpaired) electrons. The molecule has 0 spiro atoms. The van der Waals surface area contributed by atoms with Crippen LogP contribution in [0.15, 0.2) is 0 Å². The van der Waals surface area contributed by atoms with Gasteiger partial charge in [-0.05, 0) is 17.4 Å². The normalized spacial score (nSPS) is 10.9. The molecule has 80 valence electrons. The van der Waals surface area contributed by atoms with Gasteiger partial charge in [-0.25, -0.2) is 4.68 Å². The van der Waals surface area contributed by atoms with E-state index in [1.165, 1.54) is 0 Å². The van der Waals surface area contributed by atoms with Crippen molar-refractivity contribution in [1.29, 1.82) is 0 Å². The van der Waals surface area contributed by atoms with Crippen LogP contribution in [0, 0.1) is 6.92 Å². The highest BCUT2D eigenvalue weighted by atomic mass is 15.5. The van der Waals surface area contributed by atoms with E-state index >= 15 is 0 Å². The average Bonchev–Trinajstić information content (AvgIpc) is 2.77. The van der Waals surface area contributed by atoms with Crippen LogP contribution in [0.25, 0.3) is 0 Å². The van der Waals surface area contributed by atoms with E-state index in [1.807, 2.05) is 18.5 Å². The minimum atomic E-state index is 0.558. The summed E-state index contributed by atoms with van der Waals surface area (Å²) in [6.45, 7) is 4.47. The summed E-state index contributed by atoms with van der Waals surface area (Å²) < 4.78 is 3.67. The zero-order valence-corrected chi connectivity index (χ0v) is 9.04. The predicted molar refractivity (Wildman–Crippen MR) is 52.0 cm³/mol. The monoisotopic (exact) mass is 207 g/mol. The first kappa shape index (κ1) is 9.75. The fraction of sp³-hybridized carbons (Fsp3) is 0.625. The SMILES string of the molecule is CCc1nnc(Cn2nnnc2C)n1C. The van der Waals surface area contributed by atoms with E-state index < -0.39 is 0 Å². The van der Waals surface area contributed by atoms with Crippen LogP contribution in [0.5, 0.6) is 0 Å². The zero-order chi connectivity index (χ0) is 10.8. The van der Waals surface area contributed by atoms with Crippen molar-refractivity contribution in [2.24, 2.45) is 7.05 Å². The van der Waals surface area contributed by atoms with Crippen molar-refractivity contribution in [3.8, 4) is 0 Å². The molecule has 7 nitrogen and oxygen atoms in total. The lowest BCUT2D eigenvalue weighted by Gasteiger charge is -2.02. The van der Waals surface area contributed by atoms with Crippen LogP contribution < -0.4 is 0 Å². The third kappa shape index (κ3) is 1.72. The molecule has 0 aliphatic heterocycles. The topological polar surface area (TPSA) is 74.3 Å². The number of tetrazole rings is 1. The Balaban J connectivity index is 2.25. The lowest BCUT2D eigenvalue weighted by atomic mass is 10.4. The Morgan fingerprint density at radius 1 is 1.13 bits per heavy atom. The zero-order valence-electron chi connectivity index (χ0n) is 9.04. The molecule has 0 aliphatic rings. The van der Waals surface area contributed by atoms with Gasteiger partial charge < -0.3 is 4.57 Å². The summed E-state index contributed by atoms with van der Waals surface area (Å²) in [5, 5.41) is 19.4. The summed E-state index contributed by atoms with van der Waals surface area (Å²) in [6.07, 6.45) is 0.873. The second-order valence-electron chi connectivity index (χ2n) is 3.33. The first-order valence-corrected chi connectivity index (χ1v) is 4.82. The van der Waals surface area contributed by atoms with E-state index in [-0.39, 0.29) is 0 Å². The number of nitrogens with zero attached hydrogens (tertiary/aromatic N) is 7. The van der Waals surface area contributed by atoms with Crippen LogP contribution >= 0.6 is 0 Å². The van der Waals surface area contributed by atoms with Crippen molar-refractivity contribution in [2.75, 3.05) is 0 Å². The van der Waals surface area contributed by atoms with Crippen LogP contribution in [-0.4, -0.2) is 35.0 Å². The molecule has 2 aromatic heterocycles. The molecular formula is C8H13N7. The summed E-state index contributed by atoms with van der Waals surface area (Å²) in [5.74, 6) is 2.61. The van der Waals surface area contributed by atoms with Crippen molar-refractivity contribution in [1.82, 2.24) is 35.0 Å². The molecule has 0 aromatic carbocycles. The van der Waals surface area contributed by atoms with Crippen molar-refractivity contribution < 1.29 is 0 Å². The number of aromatic nitrogens is 7. The van der Waals surface area contributed by atoms with Crippen LogP contribution in [0.4, 0.5) is 0 Å². The fourth-order valence-corrected chi connectivity index (χ4v) is 1.37. The summed E-state index contributed by atoms with van der Waals surface area (Å²) in [7, 11) is 1.95. The van der Waals surface area contributed by atoms with Gasteiger partial charge in [-0.3, -0.25) is 0 Å². The second-order valence-corrected chi connectivity index (χ2v) is 3.33. The minimum absolute atomic E-state index is 0.558. The molecule has 2 aromatic rings. The van der Waals surface area contributed by atoms with Crippen molar-refractivity contribution in [2.45, 2.75) is 26.8 Å². The summed E-state index contributed by atoms with van der Waals surface area (Å²) in [6, 6.07) is 0. The van der Waals surface area contributed by atoms with Gasteiger partial charge in [0.1, 0.15) is 18.2 Å². The highest BCUT2D eigenvalue weighted by Gasteiger charge is 2.09. The quantitative estimate of drug-likeness (QED) is 0.692. The Bertz CT molecular complexity index is 455. The van der Waals surface area contributed by atoms with Crippen LogP contribution in [0.2, 0.25) is 0 Å². The molecule has 2 heterocycles. The van der Waals surface area contributed by atoms with Gasteiger partial charge in [0, 0.05) is 13.5 Å². The molecule has 15 heavy (non-hydrogen) atoms. The van der Waals surface area contributed by atoms with Crippen LogP contribution in [0.1, 0.15) is 24.4 Å². The van der Waals surface area contributed by atoms with Gasteiger partial charge in [0.15, 0.2) is 5.82 Å². The van der Waals surface area contributed by atoms with Gasteiger partial charge >= 0.3 is 0 Å². The lowest BCUT2D eigenvalue weighted by molar-refractivity contribution is 0.589. The van der Waals surface area contributed by atoms with Crippen LogP contribution in [0.3, 0.4) is 0 Å². The van der Waals surface area contributed by atoms with Gasteiger partial charge in [-0.2, -0.15) is 0 Å². The largest absolute Gasteiger partial charge is 0.317 e. The first-order chi connectivity index (χ1) is 7.22. The summed E-state index contributed by atoms with van der Waals surface area (Å²) in [5.41, 5.74) is 0. The number of hydrogen-bond donors (Lipinski definition) is 0. The van der Waals surface area contributed by atoms with Gasteiger partial charge in [-0.15, -0.1) is 15.3 Å². The van der Waals surface area contributed by atoms with E-state index in [2.05, 4.69) is 32.6 Å². The maximum atomic E-state index is 4.10.